The number of rotatable bonds is 4. The molecular weight excluding hydrogens is 244 g/mol. The summed E-state index contributed by atoms with van der Waals surface area (Å²) in [6, 6.07) is 14.2. The minimum atomic E-state index is -0.00985. The first-order valence-electron chi connectivity index (χ1n) is 5.76. The third-order valence-electron chi connectivity index (χ3n) is 2.80. The molecule has 0 saturated heterocycles. The fourth-order valence-corrected chi connectivity index (χ4v) is 2.11. The van der Waals surface area contributed by atoms with Gasteiger partial charge in [-0.1, -0.05) is 42.0 Å². The Morgan fingerprint density at radius 1 is 1.06 bits per heavy atom. The molecule has 2 aromatic carbocycles. The van der Waals surface area contributed by atoms with Gasteiger partial charge in [0.05, 0.1) is 18.6 Å². The van der Waals surface area contributed by atoms with Gasteiger partial charge >= 0.3 is 0 Å². The molecule has 18 heavy (non-hydrogen) atoms. The van der Waals surface area contributed by atoms with Crippen LogP contribution in [0.3, 0.4) is 0 Å². The fourth-order valence-electron chi connectivity index (χ4n) is 1.78. The minimum Gasteiger partial charge on any atom is -0.426 e. The van der Waals surface area contributed by atoms with E-state index in [1.54, 1.807) is 0 Å². The number of hydrogen-bond acceptors (Lipinski definition) is 3. The smallest absolute Gasteiger partial charge is 0.143 e. The molecular formula is C15H16O2S. The molecule has 0 fully saturated rings. The molecule has 0 aliphatic carbocycles. The van der Waals surface area contributed by atoms with Crippen LogP contribution in [0.4, 0.5) is 0 Å². The first kappa shape index (κ1) is 13.0. The van der Waals surface area contributed by atoms with E-state index >= 15 is 0 Å². The quantitative estimate of drug-likeness (QED) is 0.848. The molecule has 2 aromatic rings. The second-order valence-electron chi connectivity index (χ2n) is 4.10. The van der Waals surface area contributed by atoms with E-state index in [2.05, 4.69) is 31.2 Å². The SMILES string of the molecule is CSOc1cc(-c2ccc(C)cc2)ccc1CO. The van der Waals surface area contributed by atoms with Gasteiger partial charge < -0.3 is 9.29 Å². The van der Waals surface area contributed by atoms with Gasteiger partial charge in [0.2, 0.25) is 0 Å². The summed E-state index contributed by atoms with van der Waals surface area (Å²) < 4.78 is 5.47. The molecule has 0 radical (unpaired) electrons. The van der Waals surface area contributed by atoms with Crippen LogP contribution in [0.15, 0.2) is 42.5 Å². The Morgan fingerprint density at radius 3 is 2.33 bits per heavy atom. The van der Waals surface area contributed by atoms with Crippen LogP contribution in [0.2, 0.25) is 0 Å². The first-order valence-corrected chi connectivity index (χ1v) is 6.91. The van der Waals surface area contributed by atoms with Crippen LogP contribution in [-0.2, 0) is 6.61 Å². The van der Waals surface area contributed by atoms with E-state index in [1.807, 2.05) is 24.5 Å². The van der Waals surface area contributed by atoms with Crippen LogP contribution in [0.5, 0.6) is 5.75 Å². The highest BCUT2D eigenvalue weighted by atomic mass is 32.2. The van der Waals surface area contributed by atoms with Crippen molar-refractivity contribution in [1.29, 1.82) is 0 Å². The van der Waals surface area contributed by atoms with Crippen molar-refractivity contribution >= 4 is 12.0 Å². The highest BCUT2D eigenvalue weighted by molar-refractivity contribution is 7.94. The summed E-state index contributed by atoms with van der Waals surface area (Å²) in [7, 11) is 0. The Labute approximate surface area is 112 Å². The standard InChI is InChI=1S/C15H16O2S/c1-11-3-5-12(6-4-11)13-7-8-14(10-16)15(9-13)17-18-2/h3-9,16H,10H2,1-2H3. The van der Waals surface area contributed by atoms with E-state index in [9.17, 15) is 5.11 Å². The molecule has 3 heteroatoms. The van der Waals surface area contributed by atoms with Crippen LogP contribution < -0.4 is 4.18 Å². The second-order valence-corrected chi connectivity index (χ2v) is 4.60. The summed E-state index contributed by atoms with van der Waals surface area (Å²) in [6.45, 7) is 2.06. The zero-order valence-electron chi connectivity index (χ0n) is 10.5. The van der Waals surface area contributed by atoms with E-state index in [-0.39, 0.29) is 6.61 Å². The van der Waals surface area contributed by atoms with Crippen LogP contribution in [0, 0.1) is 6.92 Å². The highest BCUT2D eigenvalue weighted by Gasteiger charge is 2.06. The van der Waals surface area contributed by atoms with Crippen molar-refractivity contribution in [2.45, 2.75) is 13.5 Å². The molecule has 0 saturated carbocycles. The number of aliphatic hydroxyl groups excluding tert-OH is 1. The number of aryl methyl sites for hydroxylation is 1. The maximum Gasteiger partial charge on any atom is 0.143 e. The molecule has 0 amide bonds. The molecule has 2 nitrogen and oxygen atoms in total. The maximum atomic E-state index is 9.25. The van der Waals surface area contributed by atoms with Crippen molar-refractivity contribution in [1.82, 2.24) is 0 Å². The Morgan fingerprint density at radius 2 is 1.72 bits per heavy atom. The van der Waals surface area contributed by atoms with Gasteiger partial charge in [0.1, 0.15) is 5.75 Å². The van der Waals surface area contributed by atoms with E-state index in [1.165, 1.54) is 17.6 Å². The summed E-state index contributed by atoms with van der Waals surface area (Å²) in [5, 5.41) is 9.25. The van der Waals surface area contributed by atoms with Gasteiger partial charge in [-0.05, 0) is 24.1 Å². The van der Waals surface area contributed by atoms with Gasteiger partial charge in [-0.15, -0.1) is 0 Å². The number of benzene rings is 2. The largest absolute Gasteiger partial charge is 0.426 e. The molecule has 0 aliphatic heterocycles. The Bertz CT molecular complexity index is 521. The van der Waals surface area contributed by atoms with Crippen molar-refractivity contribution in [3.63, 3.8) is 0 Å². The zero-order chi connectivity index (χ0) is 13.0. The zero-order valence-corrected chi connectivity index (χ0v) is 11.3. The third-order valence-corrected chi connectivity index (χ3v) is 3.14. The molecule has 0 heterocycles. The minimum absolute atomic E-state index is 0.00985. The van der Waals surface area contributed by atoms with Crippen molar-refractivity contribution in [2.75, 3.05) is 6.26 Å². The summed E-state index contributed by atoms with van der Waals surface area (Å²) in [4.78, 5) is 0. The number of hydrogen-bond donors (Lipinski definition) is 1. The Balaban J connectivity index is 2.39. The van der Waals surface area contributed by atoms with Gasteiger partial charge in [-0.2, -0.15) is 0 Å². The fraction of sp³-hybridized carbons (Fsp3) is 0.200. The molecule has 94 valence electrons. The lowest BCUT2D eigenvalue weighted by atomic mass is 10.0. The lowest BCUT2D eigenvalue weighted by Crippen LogP contribution is -1.91. The number of aliphatic hydroxyl groups is 1. The lowest BCUT2D eigenvalue weighted by molar-refractivity contribution is 0.279. The van der Waals surface area contributed by atoms with Gasteiger partial charge in [-0.3, -0.25) is 0 Å². The van der Waals surface area contributed by atoms with Crippen molar-refractivity contribution in [3.05, 3.63) is 53.6 Å². The molecule has 0 unspecified atom stereocenters. The second kappa shape index (κ2) is 5.94. The predicted molar refractivity (Wildman–Crippen MR) is 76.7 cm³/mol. The van der Waals surface area contributed by atoms with E-state index < -0.39 is 0 Å². The highest BCUT2D eigenvalue weighted by Crippen LogP contribution is 2.29. The van der Waals surface area contributed by atoms with Gasteiger partial charge in [0, 0.05) is 11.8 Å². The summed E-state index contributed by atoms with van der Waals surface area (Å²) in [5.41, 5.74) is 4.29. The summed E-state index contributed by atoms with van der Waals surface area (Å²) in [6.07, 6.45) is 1.86. The van der Waals surface area contributed by atoms with Crippen LogP contribution in [0.1, 0.15) is 11.1 Å². The lowest BCUT2D eigenvalue weighted by Gasteiger charge is -2.09. The maximum absolute atomic E-state index is 9.25. The van der Waals surface area contributed by atoms with Gasteiger partial charge in [0.25, 0.3) is 0 Å². The molecule has 0 aromatic heterocycles. The molecule has 2 rings (SSSR count). The predicted octanol–water partition coefficient (Wildman–Crippen LogP) is 3.81. The average molecular weight is 260 g/mol. The Hall–Kier alpha value is -1.45. The van der Waals surface area contributed by atoms with Crippen LogP contribution >= 0.6 is 12.0 Å². The van der Waals surface area contributed by atoms with E-state index in [0.717, 1.165) is 22.4 Å². The van der Waals surface area contributed by atoms with Gasteiger partial charge in [-0.25, -0.2) is 0 Å². The molecule has 0 spiro atoms. The van der Waals surface area contributed by atoms with Crippen molar-refractivity contribution in [3.8, 4) is 16.9 Å². The van der Waals surface area contributed by atoms with Crippen LogP contribution in [-0.4, -0.2) is 11.4 Å². The molecule has 0 aliphatic rings. The Kier molecular flexibility index (Phi) is 4.28. The van der Waals surface area contributed by atoms with E-state index in [0.29, 0.717) is 0 Å². The van der Waals surface area contributed by atoms with E-state index in [4.69, 9.17) is 4.18 Å². The van der Waals surface area contributed by atoms with Gasteiger partial charge in [0.15, 0.2) is 0 Å². The third kappa shape index (κ3) is 2.86. The molecule has 1 N–H and O–H groups in total. The first-order chi connectivity index (χ1) is 8.74. The molecule has 0 atom stereocenters. The average Bonchev–Trinajstić information content (AvgIpc) is 2.40. The van der Waals surface area contributed by atoms with Crippen molar-refractivity contribution < 1.29 is 9.29 Å². The van der Waals surface area contributed by atoms with Crippen LogP contribution in [0.25, 0.3) is 11.1 Å². The summed E-state index contributed by atoms with van der Waals surface area (Å²) >= 11 is 1.28. The topological polar surface area (TPSA) is 29.5 Å². The molecule has 0 bridgehead atoms. The van der Waals surface area contributed by atoms with Crippen molar-refractivity contribution in [2.24, 2.45) is 0 Å². The monoisotopic (exact) mass is 260 g/mol. The normalized spacial score (nSPS) is 10.4. The summed E-state index contributed by atoms with van der Waals surface area (Å²) in [5.74, 6) is 0.725.